The molecule has 0 spiro atoms. The van der Waals surface area contributed by atoms with Gasteiger partial charge in [-0.2, -0.15) is 0 Å². The molecule has 1 aliphatic heterocycles. The average Bonchev–Trinajstić information content (AvgIpc) is 2.86. The molecule has 3 atom stereocenters. The Balaban J connectivity index is 2.40. The topological polar surface area (TPSA) is 57.2 Å². The van der Waals surface area contributed by atoms with Gasteiger partial charge in [0.25, 0.3) is 0 Å². The van der Waals surface area contributed by atoms with Gasteiger partial charge in [-0.3, -0.25) is 0 Å². The van der Waals surface area contributed by atoms with Crippen molar-refractivity contribution in [3.05, 3.63) is 65.8 Å². The number of rotatable bonds is 15. The number of benzene rings is 1. The van der Waals surface area contributed by atoms with E-state index in [1.54, 1.807) is 13.2 Å². The summed E-state index contributed by atoms with van der Waals surface area (Å²) in [5, 5.41) is 9.38. The van der Waals surface area contributed by atoms with E-state index in [4.69, 9.17) is 18.6 Å². The van der Waals surface area contributed by atoms with E-state index in [9.17, 15) is 5.11 Å². The molecule has 1 aliphatic rings. The van der Waals surface area contributed by atoms with Gasteiger partial charge in [0.1, 0.15) is 5.75 Å². The molecule has 0 saturated heterocycles. The Labute approximate surface area is 226 Å². The van der Waals surface area contributed by atoms with Gasteiger partial charge in [0.15, 0.2) is 0 Å². The van der Waals surface area contributed by atoms with Gasteiger partial charge in [-0.15, -0.1) is 0 Å². The van der Waals surface area contributed by atoms with Crippen LogP contribution in [0.15, 0.2) is 60.2 Å². The van der Waals surface area contributed by atoms with Crippen LogP contribution in [0.4, 0.5) is 0 Å². The average molecular weight is 531 g/mol. The van der Waals surface area contributed by atoms with Crippen molar-refractivity contribution in [3.63, 3.8) is 0 Å². The molecule has 1 aromatic rings. The zero-order valence-electron chi connectivity index (χ0n) is 24.3. The van der Waals surface area contributed by atoms with Crippen molar-refractivity contribution in [3.8, 4) is 5.75 Å². The second-order valence-corrected chi connectivity index (χ2v) is 16.4. The Morgan fingerprint density at radius 3 is 2.22 bits per heavy atom. The first-order valence-electron chi connectivity index (χ1n) is 13.8. The van der Waals surface area contributed by atoms with Crippen LogP contribution >= 0.6 is 0 Å². The van der Waals surface area contributed by atoms with Gasteiger partial charge in [0.05, 0.1) is 45.2 Å². The number of hydrogen-bond donors (Lipinski definition) is 1. The van der Waals surface area contributed by atoms with Crippen LogP contribution in [-0.2, 0) is 20.5 Å². The van der Waals surface area contributed by atoms with Gasteiger partial charge in [-0.05, 0) is 54.1 Å². The molecular formula is C31H50O5Si. The lowest BCUT2D eigenvalue weighted by molar-refractivity contribution is -0.0215. The van der Waals surface area contributed by atoms with Crippen LogP contribution in [0.2, 0.25) is 16.6 Å². The molecule has 37 heavy (non-hydrogen) atoms. The van der Waals surface area contributed by atoms with E-state index in [1.165, 1.54) is 5.57 Å². The Hall–Kier alpha value is -1.70. The molecule has 2 rings (SSSR count). The van der Waals surface area contributed by atoms with Crippen LogP contribution in [0, 0.1) is 0 Å². The van der Waals surface area contributed by atoms with Crippen LogP contribution in [0.3, 0.4) is 0 Å². The highest BCUT2D eigenvalue weighted by molar-refractivity contribution is 6.77. The first-order chi connectivity index (χ1) is 17.6. The first-order valence-corrected chi connectivity index (χ1v) is 15.9. The van der Waals surface area contributed by atoms with E-state index in [2.05, 4.69) is 66.7 Å². The Morgan fingerprint density at radius 1 is 1.03 bits per heavy atom. The number of ether oxygens (including phenoxy) is 3. The smallest absolute Gasteiger partial charge is 0.201 e. The molecule has 0 fully saturated rings. The maximum Gasteiger partial charge on any atom is 0.201 e. The second kappa shape index (κ2) is 15.6. The van der Waals surface area contributed by atoms with Crippen molar-refractivity contribution < 1.29 is 23.7 Å². The predicted octanol–water partition coefficient (Wildman–Crippen LogP) is 7.37. The highest BCUT2D eigenvalue weighted by Gasteiger charge is 2.47. The molecule has 0 radical (unpaired) electrons. The third-order valence-electron chi connectivity index (χ3n) is 7.46. The van der Waals surface area contributed by atoms with Crippen LogP contribution in [0.25, 0.3) is 0 Å². The zero-order valence-corrected chi connectivity index (χ0v) is 25.3. The maximum absolute atomic E-state index is 9.38. The number of aliphatic hydroxyl groups is 1. The minimum Gasteiger partial charge on any atom is -0.497 e. The monoisotopic (exact) mass is 530 g/mol. The summed E-state index contributed by atoms with van der Waals surface area (Å²) >= 11 is 0. The molecular weight excluding hydrogens is 480 g/mol. The predicted molar refractivity (Wildman–Crippen MR) is 156 cm³/mol. The van der Waals surface area contributed by atoms with Crippen LogP contribution in [-0.4, -0.2) is 52.1 Å². The lowest BCUT2D eigenvalue weighted by Gasteiger charge is -2.45. The summed E-state index contributed by atoms with van der Waals surface area (Å²) in [5.41, 5.74) is 3.79. The molecule has 0 bridgehead atoms. The highest BCUT2D eigenvalue weighted by atomic mass is 28.4. The van der Waals surface area contributed by atoms with Gasteiger partial charge in [0, 0.05) is 0 Å². The summed E-state index contributed by atoms with van der Waals surface area (Å²) in [5.74, 6) is 0.828. The summed E-state index contributed by atoms with van der Waals surface area (Å²) in [7, 11) is -0.524. The van der Waals surface area contributed by atoms with Gasteiger partial charge < -0.3 is 23.7 Å². The van der Waals surface area contributed by atoms with Crippen molar-refractivity contribution in [1.29, 1.82) is 0 Å². The summed E-state index contributed by atoms with van der Waals surface area (Å²) in [6, 6.07) is 7.98. The lowest BCUT2D eigenvalue weighted by atomic mass is 10.0. The fourth-order valence-corrected chi connectivity index (χ4v) is 11.1. The molecule has 0 saturated carbocycles. The number of aliphatic hydroxyl groups excluding tert-OH is 1. The van der Waals surface area contributed by atoms with Gasteiger partial charge in [-0.25, -0.2) is 0 Å². The number of methoxy groups -OCH3 is 1. The van der Waals surface area contributed by atoms with Crippen molar-refractivity contribution in [2.75, 3.05) is 20.3 Å². The van der Waals surface area contributed by atoms with E-state index in [0.29, 0.717) is 36.3 Å². The molecule has 0 aromatic heterocycles. The van der Waals surface area contributed by atoms with Crippen LogP contribution < -0.4 is 4.74 Å². The summed E-state index contributed by atoms with van der Waals surface area (Å²) in [6.45, 7) is 17.1. The van der Waals surface area contributed by atoms with E-state index in [1.807, 2.05) is 30.3 Å². The largest absolute Gasteiger partial charge is 0.497 e. The van der Waals surface area contributed by atoms with E-state index in [0.717, 1.165) is 17.7 Å². The molecule has 1 N–H and O–H groups in total. The fourth-order valence-electron chi connectivity index (χ4n) is 5.54. The summed E-state index contributed by atoms with van der Waals surface area (Å²) in [6.07, 6.45) is 11.4. The van der Waals surface area contributed by atoms with Gasteiger partial charge in [-0.1, -0.05) is 89.6 Å². The van der Waals surface area contributed by atoms with Crippen LogP contribution in [0.1, 0.15) is 66.9 Å². The molecule has 0 unspecified atom stereocenters. The van der Waals surface area contributed by atoms with Crippen molar-refractivity contribution in [1.82, 2.24) is 0 Å². The van der Waals surface area contributed by atoms with Crippen LogP contribution in [0.5, 0.6) is 5.75 Å². The van der Waals surface area contributed by atoms with Crippen molar-refractivity contribution in [2.24, 2.45) is 0 Å². The minimum atomic E-state index is -2.20. The normalized spacial score (nSPS) is 18.8. The molecule has 0 aliphatic carbocycles. The molecule has 1 heterocycles. The number of hydrogen-bond acceptors (Lipinski definition) is 5. The van der Waals surface area contributed by atoms with Crippen molar-refractivity contribution >= 4 is 8.32 Å². The lowest BCUT2D eigenvalue weighted by Crippen LogP contribution is -2.52. The summed E-state index contributed by atoms with van der Waals surface area (Å²) < 4.78 is 25.2. The third kappa shape index (κ3) is 9.22. The Bertz CT molecular complexity index is 850. The standard InChI is InChI=1S/C31H50O5Si/c1-23(2)37(24(3)4,25(5)6)36-31(17-16-29-21-26(7)18-20-34-29)30(11-9-10-19-32)35-22-27-12-14-28(33-8)15-13-27/h9-10,12-18,23-25,29-32H,11,19-22H2,1-8H3/b10-9+,17-16+/t29-,30-,31+/m1/s1. The Morgan fingerprint density at radius 2 is 1.68 bits per heavy atom. The minimum absolute atomic E-state index is 0.0107. The molecule has 1 aromatic carbocycles. The fraction of sp³-hybridized carbons (Fsp3) is 0.613. The van der Waals surface area contributed by atoms with E-state index in [-0.39, 0.29) is 24.9 Å². The van der Waals surface area contributed by atoms with Crippen molar-refractivity contribution in [2.45, 2.75) is 103 Å². The molecule has 0 amide bonds. The molecule has 5 nitrogen and oxygen atoms in total. The maximum atomic E-state index is 9.38. The third-order valence-corrected chi connectivity index (χ3v) is 13.6. The second-order valence-electron chi connectivity index (χ2n) is 11.0. The molecule has 6 heteroatoms. The van der Waals surface area contributed by atoms with Gasteiger partial charge in [0.2, 0.25) is 8.32 Å². The molecule has 208 valence electrons. The zero-order chi connectivity index (χ0) is 27.4. The highest BCUT2D eigenvalue weighted by Crippen LogP contribution is 2.44. The Kier molecular flexibility index (Phi) is 13.3. The van der Waals surface area contributed by atoms with E-state index < -0.39 is 8.32 Å². The first kappa shape index (κ1) is 31.5. The van der Waals surface area contributed by atoms with Gasteiger partial charge >= 0.3 is 0 Å². The quantitative estimate of drug-likeness (QED) is 0.189. The SMILES string of the molecule is COc1ccc(CO[C@H](C/C=C/CO)[C@H](/C=C/[C@@H]2CC(C)=CCO2)O[Si](C(C)C)(C(C)C)C(C)C)cc1. The van der Waals surface area contributed by atoms with E-state index >= 15 is 0 Å². The summed E-state index contributed by atoms with van der Waals surface area (Å²) in [4.78, 5) is 0.